The van der Waals surface area contributed by atoms with Crippen molar-refractivity contribution in [3.63, 3.8) is 0 Å². The number of hydrogen-bond donors (Lipinski definition) is 1. The van der Waals surface area contributed by atoms with Crippen LogP contribution in [-0.4, -0.2) is 41.8 Å². The third-order valence-corrected chi connectivity index (χ3v) is 6.12. The number of ether oxygens (including phenoxy) is 1. The number of nitrogens with zero attached hydrogens (tertiary/aromatic N) is 1. The van der Waals surface area contributed by atoms with Crippen molar-refractivity contribution in [3.8, 4) is 5.75 Å². The normalized spacial score (nSPS) is 42.6. The van der Waals surface area contributed by atoms with Gasteiger partial charge in [-0.2, -0.15) is 0 Å². The molecule has 0 amide bonds. The van der Waals surface area contributed by atoms with E-state index in [1.807, 2.05) is 12.1 Å². The van der Waals surface area contributed by atoms with Crippen molar-refractivity contribution in [2.75, 3.05) is 13.6 Å². The van der Waals surface area contributed by atoms with Gasteiger partial charge in [-0.05, 0) is 38.1 Å². The highest BCUT2D eigenvalue weighted by Gasteiger charge is 2.64. The van der Waals surface area contributed by atoms with Gasteiger partial charge < -0.3 is 14.7 Å². The summed E-state index contributed by atoms with van der Waals surface area (Å²) in [5.41, 5.74) is 2.01. The number of piperidine rings is 1. The van der Waals surface area contributed by atoms with Gasteiger partial charge in [0.05, 0.1) is 0 Å². The van der Waals surface area contributed by atoms with Crippen LogP contribution in [0, 0.1) is 11.7 Å². The Labute approximate surface area is 123 Å². The summed E-state index contributed by atoms with van der Waals surface area (Å²) in [6.45, 7) is 0.969. The number of aliphatic hydroxyl groups is 1. The van der Waals surface area contributed by atoms with E-state index < -0.39 is 6.10 Å². The Morgan fingerprint density at radius 1 is 1.38 bits per heavy atom. The molecule has 1 spiro atoms. The molecule has 5 rings (SSSR count). The van der Waals surface area contributed by atoms with Crippen molar-refractivity contribution in [3.05, 3.63) is 41.2 Å². The monoisotopic (exact) mass is 287 g/mol. The van der Waals surface area contributed by atoms with Gasteiger partial charge in [0, 0.05) is 22.9 Å². The first kappa shape index (κ1) is 12.2. The predicted molar refractivity (Wildman–Crippen MR) is 75.9 cm³/mol. The Kier molecular flexibility index (Phi) is 2.13. The average molecular weight is 287 g/mol. The molecule has 1 N–H and O–H groups in total. The number of benzene rings is 1. The average Bonchev–Trinajstić information content (AvgIpc) is 2.83. The molecule has 2 heterocycles. The molecule has 3 nitrogen and oxygen atoms in total. The van der Waals surface area contributed by atoms with Crippen molar-refractivity contribution in [1.82, 2.24) is 4.90 Å². The van der Waals surface area contributed by atoms with Gasteiger partial charge in [-0.15, -0.1) is 0 Å². The van der Waals surface area contributed by atoms with Crippen molar-refractivity contribution in [2.24, 2.45) is 5.92 Å². The van der Waals surface area contributed by atoms with Gasteiger partial charge in [0.1, 0.15) is 12.2 Å². The first-order valence-corrected chi connectivity index (χ1v) is 7.68. The molecule has 0 radical (unpaired) electrons. The van der Waals surface area contributed by atoms with Crippen LogP contribution in [0.3, 0.4) is 0 Å². The van der Waals surface area contributed by atoms with E-state index in [1.54, 1.807) is 0 Å². The lowest BCUT2D eigenvalue weighted by atomic mass is 9.53. The highest BCUT2D eigenvalue weighted by Crippen LogP contribution is 2.60. The maximum atomic E-state index is 14.2. The molecular formula is C17H18FNO2. The van der Waals surface area contributed by atoms with Crippen LogP contribution in [0.25, 0.3) is 0 Å². The van der Waals surface area contributed by atoms with Gasteiger partial charge in [-0.3, -0.25) is 0 Å². The Morgan fingerprint density at radius 3 is 3.10 bits per heavy atom. The van der Waals surface area contributed by atoms with Crippen LogP contribution in [0.4, 0.5) is 4.39 Å². The molecule has 1 saturated heterocycles. The van der Waals surface area contributed by atoms with Crippen molar-refractivity contribution < 1.29 is 14.2 Å². The van der Waals surface area contributed by atoms with Crippen molar-refractivity contribution in [2.45, 2.75) is 36.5 Å². The molecule has 4 aliphatic rings. The van der Waals surface area contributed by atoms with Crippen LogP contribution in [0.1, 0.15) is 17.5 Å². The number of aliphatic hydroxyl groups excluding tert-OH is 1. The van der Waals surface area contributed by atoms with Crippen molar-refractivity contribution >= 4 is 0 Å². The van der Waals surface area contributed by atoms with Crippen LogP contribution in [-0.2, 0) is 11.8 Å². The molecule has 1 fully saturated rings. The van der Waals surface area contributed by atoms with Gasteiger partial charge in [-0.25, -0.2) is 4.39 Å². The zero-order chi connectivity index (χ0) is 14.4. The molecule has 21 heavy (non-hydrogen) atoms. The largest absolute Gasteiger partial charge is 0.483 e. The summed E-state index contributed by atoms with van der Waals surface area (Å²) in [6, 6.07) is 3.84. The van der Waals surface area contributed by atoms with E-state index in [2.05, 4.69) is 18.0 Å². The smallest absolute Gasteiger partial charge is 0.165 e. The van der Waals surface area contributed by atoms with Gasteiger partial charge in [0.25, 0.3) is 0 Å². The van der Waals surface area contributed by atoms with Crippen LogP contribution >= 0.6 is 0 Å². The minimum atomic E-state index is -0.650. The lowest BCUT2D eigenvalue weighted by molar-refractivity contribution is -0.0455. The lowest BCUT2D eigenvalue weighted by Crippen LogP contribution is -2.64. The number of halogens is 1. The highest BCUT2D eigenvalue weighted by atomic mass is 19.1. The van der Waals surface area contributed by atoms with Gasteiger partial charge in [-0.1, -0.05) is 18.2 Å². The molecule has 2 aliphatic heterocycles. The van der Waals surface area contributed by atoms with Gasteiger partial charge in [0.2, 0.25) is 0 Å². The highest BCUT2D eigenvalue weighted by molar-refractivity contribution is 5.57. The molecular weight excluding hydrogens is 269 g/mol. The van der Waals surface area contributed by atoms with Crippen molar-refractivity contribution in [1.29, 1.82) is 0 Å². The maximum Gasteiger partial charge on any atom is 0.165 e. The topological polar surface area (TPSA) is 32.7 Å². The van der Waals surface area contributed by atoms with Gasteiger partial charge in [0.15, 0.2) is 11.6 Å². The van der Waals surface area contributed by atoms with E-state index in [4.69, 9.17) is 4.74 Å². The first-order valence-electron chi connectivity index (χ1n) is 7.68. The quantitative estimate of drug-likeness (QED) is 0.736. The maximum absolute atomic E-state index is 14.2. The van der Waals surface area contributed by atoms with E-state index in [1.165, 1.54) is 11.6 Å². The number of likely N-dealkylation sites (tertiary alicyclic amines) is 1. The number of likely N-dealkylation sites (N-methyl/N-ethyl adjacent to an activating group) is 1. The molecule has 1 aromatic rings. The summed E-state index contributed by atoms with van der Waals surface area (Å²) in [5.74, 6) is 0.411. The Morgan fingerprint density at radius 2 is 2.24 bits per heavy atom. The van der Waals surface area contributed by atoms with Crippen LogP contribution < -0.4 is 4.74 Å². The summed E-state index contributed by atoms with van der Waals surface area (Å²) < 4.78 is 20.2. The van der Waals surface area contributed by atoms with Crippen LogP contribution in [0.2, 0.25) is 0 Å². The first-order chi connectivity index (χ1) is 10.1. The summed E-state index contributed by atoms with van der Waals surface area (Å²) in [5, 5.41) is 10.4. The third-order valence-electron chi connectivity index (χ3n) is 6.12. The molecule has 0 aromatic heterocycles. The van der Waals surface area contributed by atoms with E-state index >= 15 is 0 Å². The summed E-state index contributed by atoms with van der Waals surface area (Å²) in [6.07, 6.45) is 4.85. The molecule has 5 atom stereocenters. The standard InChI is InChI=1S/C17H18FNO2/c1-19-7-6-17-10-3-5-13(20)16(17)21-15-11(18)4-2-9(14(15)17)8-12(10)19/h2-5,10,12-13,16,20H,6-8H2,1H3/t10-,12?,13-,16-,17-/m0/s1. The van der Waals surface area contributed by atoms with E-state index in [-0.39, 0.29) is 17.3 Å². The summed E-state index contributed by atoms with van der Waals surface area (Å²) in [7, 11) is 2.16. The molecule has 2 bridgehead atoms. The summed E-state index contributed by atoms with van der Waals surface area (Å²) >= 11 is 0. The minimum absolute atomic E-state index is 0.240. The molecule has 1 aromatic carbocycles. The molecule has 2 aliphatic carbocycles. The van der Waals surface area contributed by atoms with E-state index in [0.717, 1.165) is 24.9 Å². The zero-order valence-corrected chi connectivity index (χ0v) is 11.9. The summed E-state index contributed by atoms with van der Waals surface area (Å²) in [4.78, 5) is 2.40. The van der Waals surface area contributed by atoms with Crippen LogP contribution in [0.5, 0.6) is 5.75 Å². The second kappa shape index (κ2) is 3.68. The van der Waals surface area contributed by atoms with Gasteiger partial charge >= 0.3 is 0 Å². The zero-order valence-electron chi connectivity index (χ0n) is 11.9. The molecule has 4 heteroatoms. The minimum Gasteiger partial charge on any atom is -0.483 e. The SMILES string of the molecule is CN1CC[C@]23c4c5ccc(F)c4O[C@H]2[C@@H](O)C=C[C@H]3C1C5. The Balaban J connectivity index is 1.84. The third kappa shape index (κ3) is 1.23. The molecule has 0 saturated carbocycles. The fourth-order valence-corrected chi connectivity index (χ4v) is 5.22. The Hall–Kier alpha value is -1.39. The molecule has 110 valence electrons. The fraction of sp³-hybridized carbons (Fsp3) is 0.529. The fourth-order valence-electron chi connectivity index (χ4n) is 5.22. The van der Waals surface area contributed by atoms with Crippen LogP contribution in [0.15, 0.2) is 24.3 Å². The lowest BCUT2D eigenvalue weighted by Gasteiger charge is -2.56. The number of hydrogen-bond acceptors (Lipinski definition) is 3. The predicted octanol–water partition coefficient (Wildman–Crippen LogP) is 1.63. The number of rotatable bonds is 0. The van der Waals surface area contributed by atoms with E-state index in [9.17, 15) is 9.50 Å². The second-order valence-electron chi connectivity index (χ2n) is 6.89. The Bertz CT molecular complexity index is 673. The molecule has 1 unspecified atom stereocenters. The van der Waals surface area contributed by atoms with E-state index in [0.29, 0.717) is 17.7 Å². The second-order valence-corrected chi connectivity index (χ2v) is 6.89.